The molecular formula is C17H26N2O2S. The summed E-state index contributed by atoms with van der Waals surface area (Å²) in [6.07, 6.45) is 3.80. The number of amides is 1. The van der Waals surface area contributed by atoms with Crippen molar-refractivity contribution in [3.05, 3.63) is 35.9 Å². The summed E-state index contributed by atoms with van der Waals surface area (Å²) in [4.78, 5) is 14.1. The SMILES string of the molecule is CSCC[C@H](N)C(=O)N1CCC(COCc2ccccc2)C1. The van der Waals surface area contributed by atoms with E-state index < -0.39 is 0 Å². The Morgan fingerprint density at radius 1 is 1.45 bits per heavy atom. The smallest absolute Gasteiger partial charge is 0.239 e. The molecular weight excluding hydrogens is 296 g/mol. The highest BCUT2D eigenvalue weighted by atomic mass is 32.2. The van der Waals surface area contributed by atoms with Gasteiger partial charge in [-0.1, -0.05) is 30.3 Å². The van der Waals surface area contributed by atoms with Gasteiger partial charge in [0.15, 0.2) is 0 Å². The van der Waals surface area contributed by atoms with Crippen molar-refractivity contribution >= 4 is 17.7 Å². The molecule has 0 bridgehead atoms. The van der Waals surface area contributed by atoms with Crippen molar-refractivity contribution < 1.29 is 9.53 Å². The second kappa shape index (κ2) is 9.18. The fourth-order valence-corrected chi connectivity index (χ4v) is 3.18. The van der Waals surface area contributed by atoms with Crippen LogP contribution in [0.15, 0.2) is 30.3 Å². The Morgan fingerprint density at radius 2 is 2.23 bits per heavy atom. The summed E-state index contributed by atoms with van der Waals surface area (Å²) in [5.41, 5.74) is 7.16. The third-order valence-electron chi connectivity index (χ3n) is 4.01. The molecule has 2 rings (SSSR count). The molecule has 1 unspecified atom stereocenters. The van der Waals surface area contributed by atoms with Crippen molar-refractivity contribution in [1.29, 1.82) is 0 Å². The van der Waals surface area contributed by atoms with Gasteiger partial charge in [0.05, 0.1) is 19.3 Å². The largest absolute Gasteiger partial charge is 0.376 e. The zero-order chi connectivity index (χ0) is 15.8. The molecule has 0 aromatic heterocycles. The molecule has 0 aliphatic carbocycles. The Bertz CT molecular complexity index is 455. The van der Waals surface area contributed by atoms with Gasteiger partial charge in [0, 0.05) is 19.0 Å². The standard InChI is InChI=1S/C17H26N2O2S/c1-22-10-8-16(18)17(20)19-9-7-15(11-19)13-21-12-14-5-3-2-4-6-14/h2-6,15-16H,7-13,18H2,1H3/t15?,16-/m0/s1. The normalized spacial score (nSPS) is 19.4. The van der Waals surface area contributed by atoms with Gasteiger partial charge < -0.3 is 15.4 Å². The van der Waals surface area contributed by atoms with Gasteiger partial charge in [-0.25, -0.2) is 0 Å². The van der Waals surface area contributed by atoms with Gasteiger partial charge in [0.1, 0.15) is 0 Å². The van der Waals surface area contributed by atoms with Crippen LogP contribution in [0.5, 0.6) is 0 Å². The molecule has 1 saturated heterocycles. The molecule has 4 nitrogen and oxygen atoms in total. The zero-order valence-corrected chi connectivity index (χ0v) is 14.1. The van der Waals surface area contributed by atoms with Crippen LogP contribution in [0.1, 0.15) is 18.4 Å². The van der Waals surface area contributed by atoms with Gasteiger partial charge in [-0.2, -0.15) is 11.8 Å². The first-order valence-electron chi connectivity index (χ1n) is 7.85. The predicted molar refractivity (Wildman–Crippen MR) is 91.8 cm³/mol. The van der Waals surface area contributed by atoms with E-state index in [1.54, 1.807) is 11.8 Å². The fraction of sp³-hybridized carbons (Fsp3) is 0.588. The quantitative estimate of drug-likeness (QED) is 0.796. The monoisotopic (exact) mass is 322 g/mol. The number of nitrogens with two attached hydrogens (primary N) is 1. The molecule has 1 heterocycles. The Hall–Kier alpha value is -1.04. The minimum atomic E-state index is -0.351. The topological polar surface area (TPSA) is 55.6 Å². The van der Waals surface area contributed by atoms with Crippen molar-refractivity contribution in [2.75, 3.05) is 31.7 Å². The number of ether oxygens (including phenoxy) is 1. The predicted octanol–water partition coefficient (Wildman–Crippen LogP) is 2.13. The molecule has 22 heavy (non-hydrogen) atoms. The van der Waals surface area contributed by atoms with E-state index in [1.807, 2.05) is 29.4 Å². The van der Waals surface area contributed by atoms with Crippen LogP contribution >= 0.6 is 11.8 Å². The third kappa shape index (κ3) is 5.30. The molecule has 0 saturated carbocycles. The van der Waals surface area contributed by atoms with E-state index in [-0.39, 0.29) is 11.9 Å². The maximum Gasteiger partial charge on any atom is 0.239 e. The molecule has 1 fully saturated rings. The van der Waals surface area contributed by atoms with Gasteiger partial charge >= 0.3 is 0 Å². The number of rotatable bonds is 8. The first-order chi connectivity index (χ1) is 10.7. The van der Waals surface area contributed by atoms with Crippen LogP contribution < -0.4 is 5.73 Å². The van der Waals surface area contributed by atoms with Crippen molar-refractivity contribution in [2.45, 2.75) is 25.5 Å². The summed E-state index contributed by atoms with van der Waals surface area (Å²) >= 11 is 1.73. The van der Waals surface area contributed by atoms with E-state index in [2.05, 4.69) is 12.1 Å². The third-order valence-corrected chi connectivity index (χ3v) is 4.66. The number of carbonyl (C=O) groups excluding carboxylic acids is 1. The first kappa shape index (κ1) is 17.3. The minimum absolute atomic E-state index is 0.0969. The van der Waals surface area contributed by atoms with E-state index in [4.69, 9.17) is 10.5 Å². The fourth-order valence-electron chi connectivity index (χ4n) is 2.69. The Balaban J connectivity index is 1.68. The van der Waals surface area contributed by atoms with Gasteiger partial charge in [-0.15, -0.1) is 0 Å². The summed E-state index contributed by atoms with van der Waals surface area (Å²) in [6, 6.07) is 9.82. The molecule has 0 spiro atoms. The molecule has 0 radical (unpaired) electrons. The van der Waals surface area contributed by atoms with Gasteiger partial charge in [0.25, 0.3) is 0 Å². The highest BCUT2D eigenvalue weighted by Crippen LogP contribution is 2.18. The number of nitrogens with zero attached hydrogens (tertiary/aromatic N) is 1. The maximum atomic E-state index is 12.2. The lowest BCUT2D eigenvalue weighted by Crippen LogP contribution is -2.43. The number of thioether (sulfide) groups is 1. The summed E-state index contributed by atoms with van der Waals surface area (Å²) in [6.45, 7) is 2.93. The lowest BCUT2D eigenvalue weighted by molar-refractivity contribution is -0.131. The summed E-state index contributed by atoms with van der Waals surface area (Å²) < 4.78 is 5.78. The van der Waals surface area contributed by atoms with Gasteiger partial charge in [-0.3, -0.25) is 4.79 Å². The summed E-state index contributed by atoms with van der Waals surface area (Å²) in [7, 11) is 0. The van der Waals surface area contributed by atoms with Crippen LogP contribution in [-0.2, 0) is 16.1 Å². The molecule has 1 aliphatic heterocycles. The van der Waals surface area contributed by atoms with Crippen molar-refractivity contribution in [2.24, 2.45) is 11.7 Å². The number of benzene rings is 1. The Labute approximate surface area is 137 Å². The maximum absolute atomic E-state index is 12.2. The second-order valence-corrected chi connectivity index (χ2v) is 6.81. The van der Waals surface area contributed by atoms with Crippen molar-refractivity contribution in [1.82, 2.24) is 4.90 Å². The van der Waals surface area contributed by atoms with Crippen molar-refractivity contribution in [3.63, 3.8) is 0 Å². The van der Waals surface area contributed by atoms with E-state index in [9.17, 15) is 4.79 Å². The molecule has 2 atom stereocenters. The molecule has 1 aliphatic rings. The van der Waals surface area contributed by atoms with E-state index in [0.717, 1.165) is 31.7 Å². The minimum Gasteiger partial charge on any atom is -0.376 e. The van der Waals surface area contributed by atoms with E-state index >= 15 is 0 Å². The molecule has 122 valence electrons. The Morgan fingerprint density at radius 3 is 2.95 bits per heavy atom. The zero-order valence-electron chi connectivity index (χ0n) is 13.2. The molecule has 2 N–H and O–H groups in total. The van der Waals surface area contributed by atoms with Gasteiger partial charge in [-0.05, 0) is 30.4 Å². The van der Waals surface area contributed by atoms with Crippen molar-refractivity contribution in [3.8, 4) is 0 Å². The number of hydrogen-bond acceptors (Lipinski definition) is 4. The lowest BCUT2D eigenvalue weighted by Gasteiger charge is -2.20. The van der Waals surface area contributed by atoms with Gasteiger partial charge in [0.2, 0.25) is 5.91 Å². The van der Waals surface area contributed by atoms with Crippen LogP contribution in [-0.4, -0.2) is 48.6 Å². The van der Waals surface area contributed by atoms with Crippen LogP contribution in [0.3, 0.4) is 0 Å². The van der Waals surface area contributed by atoms with Crippen LogP contribution in [0.25, 0.3) is 0 Å². The number of hydrogen-bond donors (Lipinski definition) is 1. The number of carbonyl (C=O) groups is 1. The average molecular weight is 322 g/mol. The number of likely N-dealkylation sites (tertiary alicyclic amines) is 1. The molecule has 1 aromatic carbocycles. The average Bonchev–Trinajstić information content (AvgIpc) is 3.01. The summed E-state index contributed by atoms with van der Waals surface area (Å²) in [5.74, 6) is 1.46. The molecule has 1 amide bonds. The highest BCUT2D eigenvalue weighted by Gasteiger charge is 2.29. The highest BCUT2D eigenvalue weighted by molar-refractivity contribution is 7.98. The Kier molecular flexibility index (Phi) is 7.22. The molecule has 1 aromatic rings. The lowest BCUT2D eigenvalue weighted by atomic mass is 10.1. The second-order valence-electron chi connectivity index (χ2n) is 5.83. The first-order valence-corrected chi connectivity index (χ1v) is 9.25. The van der Waals surface area contributed by atoms with Crippen LogP contribution in [0.4, 0.5) is 0 Å². The molecule has 5 heteroatoms. The van der Waals surface area contributed by atoms with E-state index in [1.165, 1.54) is 5.56 Å². The van der Waals surface area contributed by atoms with Crippen LogP contribution in [0, 0.1) is 5.92 Å². The van der Waals surface area contributed by atoms with E-state index in [0.29, 0.717) is 19.1 Å². The summed E-state index contributed by atoms with van der Waals surface area (Å²) in [5, 5.41) is 0. The van der Waals surface area contributed by atoms with Crippen LogP contribution in [0.2, 0.25) is 0 Å².